The predicted molar refractivity (Wildman–Crippen MR) is 33.5 cm³/mol. The molecule has 13 heavy (non-hydrogen) atoms. The molecule has 72 valence electrons. The van der Waals surface area contributed by atoms with E-state index in [1.807, 2.05) is 0 Å². The summed E-state index contributed by atoms with van der Waals surface area (Å²) in [4.78, 5) is 6.41. The first-order valence-electron chi connectivity index (χ1n) is 3.14. The van der Waals surface area contributed by atoms with Crippen molar-refractivity contribution < 1.29 is 22.3 Å². The van der Waals surface area contributed by atoms with Crippen LogP contribution >= 0.6 is 0 Å². The van der Waals surface area contributed by atoms with Gasteiger partial charge in [-0.05, 0) is 0 Å². The van der Waals surface area contributed by atoms with Gasteiger partial charge in [0.15, 0.2) is 6.61 Å². The molecule has 0 aliphatic heterocycles. The van der Waals surface area contributed by atoms with Gasteiger partial charge in [-0.2, -0.15) is 22.5 Å². The van der Waals surface area contributed by atoms with Crippen molar-refractivity contribution in [3.8, 4) is 5.88 Å². The molecule has 1 rings (SSSR count). The van der Waals surface area contributed by atoms with E-state index >= 15 is 0 Å². The van der Waals surface area contributed by atoms with E-state index in [0.717, 1.165) is 12.5 Å². The normalized spacial score (nSPS) is 11.4. The second-order valence-electron chi connectivity index (χ2n) is 2.08. The Balaban J connectivity index is 2.60. The molecule has 0 aromatic carbocycles. The SMILES string of the molecule is Fc1cncnc1OCC(F)(F)F. The van der Waals surface area contributed by atoms with E-state index in [1.165, 1.54) is 0 Å². The molecule has 0 unspecified atom stereocenters. The van der Waals surface area contributed by atoms with Gasteiger partial charge >= 0.3 is 6.18 Å². The molecule has 0 aliphatic carbocycles. The second-order valence-corrected chi connectivity index (χ2v) is 2.08. The molecular weight excluding hydrogens is 192 g/mol. The maximum absolute atomic E-state index is 12.5. The number of aromatic nitrogens is 2. The average molecular weight is 196 g/mol. The number of alkyl halides is 3. The largest absolute Gasteiger partial charge is 0.466 e. The van der Waals surface area contributed by atoms with Crippen LogP contribution in [0.1, 0.15) is 0 Å². The summed E-state index contributed by atoms with van der Waals surface area (Å²) in [6.07, 6.45) is -2.88. The second kappa shape index (κ2) is 3.55. The molecule has 0 saturated heterocycles. The highest BCUT2D eigenvalue weighted by Gasteiger charge is 2.29. The van der Waals surface area contributed by atoms with Crippen molar-refractivity contribution >= 4 is 0 Å². The fraction of sp³-hybridized carbons (Fsp3) is 0.333. The Morgan fingerprint density at radius 3 is 2.62 bits per heavy atom. The highest BCUT2D eigenvalue weighted by atomic mass is 19.4. The van der Waals surface area contributed by atoms with E-state index in [9.17, 15) is 17.6 Å². The summed E-state index contributed by atoms with van der Waals surface area (Å²) in [5, 5.41) is 0. The van der Waals surface area contributed by atoms with Crippen LogP contribution in [0.5, 0.6) is 5.88 Å². The Morgan fingerprint density at radius 1 is 1.38 bits per heavy atom. The van der Waals surface area contributed by atoms with Gasteiger partial charge in [-0.25, -0.2) is 4.98 Å². The zero-order valence-electron chi connectivity index (χ0n) is 6.18. The third-order valence-corrected chi connectivity index (χ3v) is 1.01. The monoisotopic (exact) mass is 196 g/mol. The fourth-order valence-electron chi connectivity index (χ4n) is 0.558. The third kappa shape index (κ3) is 3.22. The van der Waals surface area contributed by atoms with Crippen LogP contribution in [-0.4, -0.2) is 22.8 Å². The molecule has 3 nitrogen and oxygen atoms in total. The van der Waals surface area contributed by atoms with Crippen molar-refractivity contribution in [1.29, 1.82) is 0 Å². The third-order valence-electron chi connectivity index (χ3n) is 1.01. The molecule has 7 heteroatoms. The molecule has 0 bridgehead atoms. The molecule has 0 radical (unpaired) electrons. The van der Waals surface area contributed by atoms with E-state index in [2.05, 4.69) is 14.7 Å². The Morgan fingerprint density at radius 2 is 2.08 bits per heavy atom. The molecule has 1 aromatic heterocycles. The van der Waals surface area contributed by atoms with E-state index in [-0.39, 0.29) is 0 Å². The zero-order chi connectivity index (χ0) is 9.90. The van der Waals surface area contributed by atoms with Crippen molar-refractivity contribution in [1.82, 2.24) is 9.97 Å². The first-order valence-corrected chi connectivity index (χ1v) is 3.14. The summed E-state index contributed by atoms with van der Waals surface area (Å²) in [6.45, 7) is -1.57. The van der Waals surface area contributed by atoms with Crippen LogP contribution in [-0.2, 0) is 0 Å². The number of ether oxygens (including phenoxy) is 1. The van der Waals surface area contributed by atoms with E-state index in [0.29, 0.717) is 0 Å². The molecule has 1 aromatic rings. The van der Waals surface area contributed by atoms with E-state index in [1.54, 1.807) is 0 Å². The Bertz CT molecular complexity index is 288. The lowest BCUT2D eigenvalue weighted by Gasteiger charge is -2.07. The van der Waals surface area contributed by atoms with Crippen molar-refractivity contribution in [2.24, 2.45) is 0 Å². The topological polar surface area (TPSA) is 35.0 Å². The van der Waals surface area contributed by atoms with Gasteiger partial charge in [0.2, 0.25) is 5.82 Å². The van der Waals surface area contributed by atoms with Gasteiger partial charge in [0, 0.05) is 0 Å². The van der Waals surface area contributed by atoms with Gasteiger partial charge in [-0.15, -0.1) is 0 Å². The van der Waals surface area contributed by atoms with Gasteiger partial charge in [0.05, 0.1) is 6.20 Å². The summed E-state index contributed by atoms with van der Waals surface area (Å²) >= 11 is 0. The Kier molecular flexibility index (Phi) is 2.64. The highest BCUT2D eigenvalue weighted by Crippen LogP contribution is 2.17. The zero-order valence-corrected chi connectivity index (χ0v) is 6.18. The summed E-state index contributed by atoms with van der Waals surface area (Å²) < 4.78 is 51.3. The number of hydrogen-bond acceptors (Lipinski definition) is 3. The molecule has 1 heterocycles. The lowest BCUT2D eigenvalue weighted by atomic mass is 10.6. The van der Waals surface area contributed by atoms with Crippen molar-refractivity contribution in [2.45, 2.75) is 6.18 Å². The van der Waals surface area contributed by atoms with Crippen LogP contribution in [0.3, 0.4) is 0 Å². The minimum Gasteiger partial charge on any atom is -0.466 e. The minimum atomic E-state index is -4.50. The standard InChI is InChI=1S/C6H4F4N2O/c7-4-1-11-3-12-5(4)13-2-6(8,9)10/h1,3H,2H2. The van der Waals surface area contributed by atoms with Crippen molar-refractivity contribution in [3.05, 3.63) is 18.3 Å². The summed E-state index contributed by atoms with van der Waals surface area (Å²) in [5.74, 6) is -1.72. The summed E-state index contributed by atoms with van der Waals surface area (Å²) in [7, 11) is 0. The van der Waals surface area contributed by atoms with Gasteiger partial charge in [0.25, 0.3) is 5.88 Å². The number of nitrogens with zero attached hydrogens (tertiary/aromatic N) is 2. The van der Waals surface area contributed by atoms with Crippen molar-refractivity contribution in [3.63, 3.8) is 0 Å². The smallest absolute Gasteiger partial charge is 0.422 e. The molecule has 0 fully saturated rings. The van der Waals surface area contributed by atoms with Gasteiger partial charge in [0.1, 0.15) is 6.33 Å². The predicted octanol–water partition coefficient (Wildman–Crippen LogP) is 1.56. The van der Waals surface area contributed by atoms with Crippen LogP contribution in [0.15, 0.2) is 12.5 Å². The highest BCUT2D eigenvalue weighted by molar-refractivity contribution is 5.08. The molecule has 0 N–H and O–H groups in total. The Hall–Kier alpha value is -1.40. The molecule has 0 saturated carbocycles. The molecular formula is C6H4F4N2O. The van der Waals surface area contributed by atoms with Crippen LogP contribution in [0.4, 0.5) is 17.6 Å². The molecule has 0 aliphatic rings. The minimum absolute atomic E-state index is 0.702. The maximum atomic E-state index is 12.5. The number of hydrogen-bond donors (Lipinski definition) is 0. The lowest BCUT2D eigenvalue weighted by molar-refractivity contribution is -0.154. The first-order chi connectivity index (χ1) is 5.99. The molecule has 0 atom stereocenters. The van der Waals surface area contributed by atoms with Crippen LogP contribution in [0, 0.1) is 5.82 Å². The molecule has 0 amide bonds. The fourth-order valence-corrected chi connectivity index (χ4v) is 0.558. The van der Waals surface area contributed by atoms with Crippen molar-refractivity contribution in [2.75, 3.05) is 6.61 Å². The van der Waals surface area contributed by atoms with Crippen LogP contribution in [0.25, 0.3) is 0 Å². The van der Waals surface area contributed by atoms with Crippen LogP contribution in [0.2, 0.25) is 0 Å². The number of rotatable bonds is 2. The average Bonchev–Trinajstić information content (AvgIpc) is 2.01. The van der Waals surface area contributed by atoms with Crippen LogP contribution < -0.4 is 4.74 Å². The number of halogens is 4. The first kappa shape index (κ1) is 9.69. The van der Waals surface area contributed by atoms with E-state index in [4.69, 9.17) is 0 Å². The van der Waals surface area contributed by atoms with E-state index < -0.39 is 24.5 Å². The molecule has 0 spiro atoms. The van der Waals surface area contributed by atoms with Gasteiger partial charge < -0.3 is 4.74 Å². The van der Waals surface area contributed by atoms with Gasteiger partial charge in [-0.3, -0.25) is 0 Å². The quantitative estimate of drug-likeness (QED) is 0.673. The maximum Gasteiger partial charge on any atom is 0.422 e. The summed E-state index contributed by atoms with van der Waals surface area (Å²) in [5.41, 5.74) is 0. The van der Waals surface area contributed by atoms with Gasteiger partial charge in [-0.1, -0.05) is 0 Å². The lowest BCUT2D eigenvalue weighted by Crippen LogP contribution is -2.20. The Labute approximate surface area is 70.4 Å². The summed E-state index contributed by atoms with van der Waals surface area (Å²) in [6, 6.07) is 0.